The van der Waals surface area contributed by atoms with E-state index in [1.165, 1.54) is 0 Å². The van der Waals surface area contributed by atoms with E-state index >= 15 is 0 Å². The fourth-order valence-corrected chi connectivity index (χ4v) is 0. The summed E-state index contributed by atoms with van der Waals surface area (Å²) < 4.78 is 24.5. The molecule has 0 unspecified atom stereocenters. The van der Waals surface area contributed by atoms with Crippen molar-refractivity contribution in [1.82, 2.24) is 0 Å². The lowest BCUT2D eigenvalue weighted by Gasteiger charge is -1.91. The molecule has 0 atom stereocenters. The van der Waals surface area contributed by atoms with Crippen LogP contribution in [-0.4, -0.2) is 13.3 Å². The molecule has 0 aliphatic heterocycles. The van der Waals surface area contributed by atoms with Crippen molar-refractivity contribution in [2.24, 2.45) is 0 Å². The molecule has 0 saturated heterocycles. The molecule has 0 amide bonds. The Morgan fingerprint density at radius 1 is 1.67 bits per heavy atom. The summed E-state index contributed by atoms with van der Waals surface area (Å²) in [7, 11) is -4.34. The molecule has 0 aliphatic rings. The summed E-state index contributed by atoms with van der Waals surface area (Å²) in [6, 6.07) is 0. The number of hydrogen-bond acceptors (Lipinski definition) is 2. The van der Waals surface area contributed by atoms with Gasteiger partial charge in [-0.2, -0.15) is 5.26 Å². The highest BCUT2D eigenvalue weighted by Crippen LogP contribution is 1.81. The standard InChI is InChI=1S/CH3NO3S/c2-1-6(3,4)5/h6H,(H2,3,4,5). The molecule has 0 heterocycles. The van der Waals surface area contributed by atoms with Gasteiger partial charge in [-0.25, -0.2) is 4.21 Å². The molecule has 0 aromatic carbocycles. The van der Waals surface area contributed by atoms with E-state index in [0.717, 1.165) is 5.40 Å². The predicted octanol–water partition coefficient (Wildman–Crippen LogP) is -0.570. The lowest BCUT2D eigenvalue weighted by Crippen LogP contribution is -2.01. The predicted molar refractivity (Wildman–Crippen MR) is 20.4 cm³/mol. The fraction of sp³-hybridized carbons (Fsp3) is 0. The van der Waals surface area contributed by atoms with Gasteiger partial charge in [0.05, 0.1) is 0 Å². The van der Waals surface area contributed by atoms with Gasteiger partial charge in [-0.1, -0.05) is 0 Å². The smallest absolute Gasteiger partial charge is 0.188 e. The molecule has 0 fully saturated rings. The van der Waals surface area contributed by atoms with Crippen LogP contribution < -0.4 is 0 Å². The normalized spacial score (nSPS) is 12.8. The maximum absolute atomic E-state index is 9.33. The molecule has 4 nitrogen and oxygen atoms in total. The minimum Gasteiger partial charge on any atom is -0.299 e. The molecule has 0 radical (unpaired) electrons. The lowest BCUT2D eigenvalue weighted by molar-refractivity contribution is 0.438. The average molecular weight is 109 g/mol. The van der Waals surface area contributed by atoms with Crippen LogP contribution in [0, 0.1) is 10.7 Å². The number of thiocyanates is 1. The van der Waals surface area contributed by atoms with Gasteiger partial charge in [0.1, 0.15) is 0 Å². The van der Waals surface area contributed by atoms with Gasteiger partial charge in [-0.3, -0.25) is 9.11 Å². The van der Waals surface area contributed by atoms with Crippen LogP contribution in [0.4, 0.5) is 0 Å². The molecule has 36 valence electrons. The Bertz CT molecular complexity index is 117. The second kappa shape index (κ2) is 1.34. The van der Waals surface area contributed by atoms with Gasteiger partial charge in [-0.05, 0) is 0 Å². The summed E-state index contributed by atoms with van der Waals surface area (Å²) in [5, 5.41) is 8.16. The molecule has 0 aromatic rings. The van der Waals surface area contributed by atoms with E-state index in [1.807, 2.05) is 0 Å². The van der Waals surface area contributed by atoms with Crippen molar-refractivity contribution in [2.45, 2.75) is 0 Å². The summed E-state index contributed by atoms with van der Waals surface area (Å²) >= 11 is 0. The number of hydrogen-bond donors (Lipinski definition) is 3. The zero-order chi connectivity index (χ0) is 5.21. The molecule has 0 rings (SSSR count). The zero-order valence-corrected chi connectivity index (χ0v) is 3.59. The third kappa shape index (κ3) is 3.56. The summed E-state index contributed by atoms with van der Waals surface area (Å²) in [4.78, 5) is 0. The van der Waals surface area contributed by atoms with Crippen LogP contribution in [0.15, 0.2) is 0 Å². The van der Waals surface area contributed by atoms with E-state index in [1.54, 1.807) is 0 Å². The average Bonchev–Trinajstić information content (AvgIpc) is 1.35. The highest BCUT2D eigenvalue weighted by molar-refractivity contribution is 7.96. The highest BCUT2D eigenvalue weighted by Gasteiger charge is 1.93. The molecule has 0 aromatic heterocycles. The minimum atomic E-state index is -4.34. The highest BCUT2D eigenvalue weighted by atomic mass is 32.3. The molecular formula is CH3NO3S. The Morgan fingerprint density at radius 2 is 1.83 bits per heavy atom. The molecule has 0 bridgehead atoms. The van der Waals surface area contributed by atoms with E-state index in [4.69, 9.17) is 14.4 Å². The maximum atomic E-state index is 9.33. The quantitative estimate of drug-likeness (QED) is 0.287. The monoisotopic (exact) mass is 109 g/mol. The van der Waals surface area contributed by atoms with Crippen LogP contribution in [0.5, 0.6) is 0 Å². The molecule has 5 heteroatoms. The summed E-state index contributed by atoms with van der Waals surface area (Å²) in [5.41, 5.74) is 0. The lowest BCUT2D eigenvalue weighted by atomic mass is 11.8. The Morgan fingerprint density at radius 3 is 1.83 bits per heavy atom. The largest absolute Gasteiger partial charge is 0.299 e. The van der Waals surface area contributed by atoms with Gasteiger partial charge in [0.2, 0.25) is 0 Å². The van der Waals surface area contributed by atoms with Gasteiger partial charge in [0, 0.05) is 0 Å². The van der Waals surface area contributed by atoms with Crippen molar-refractivity contribution in [1.29, 1.82) is 5.26 Å². The Hall–Kier alpha value is -0.440. The van der Waals surface area contributed by atoms with Crippen molar-refractivity contribution < 1.29 is 13.3 Å². The first kappa shape index (κ1) is 5.56. The third-order valence-corrected chi connectivity index (χ3v) is 0.391. The number of nitriles is 1. The SMILES string of the molecule is N#C[SH](=O)(O)O. The number of rotatable bonds is 0. The van der Waals surface area contributed by atoms with Crippen LogP contribution in [0.2, 0.25) is 0 Å². The Kier molecular flexibility index (Phi) is 1.24. The second-order valence-corrected chi connectivity index (χ2v) is 1.93. The Balaban J connectivity index is 3.94. The van der Waals surface area contributed by atoms with Gasteiger partial charge < -0.3 is 0 Å². The van der Waals surface area contributed by atoms with Crippen LogP contribution >= 0.6 is 0 Å². The number of thiol groups is 1. The molecule has 0 aliphatic carbocycles. The van der Waals surface area contributed by atoms with Crippen molar-refractivity contribution >= 4 is 10.5 Å². The second-order valence-electron chi connectivity index (χ2n) is 0.644. The first-order valence-electron chi connectivity index (χ1n) is 1.03. The third-order valence-electron chi connectivity index (χ3n) is 0.130. The van der Waals surface area contributed by atoms with Crippen molar-refractivity contribution in [3.8, 4) is 5.40 Å². The van der Waals surface area contributed by atoms with Crippen LogP contribution in [0.3, 0.4) is 0 Å². The van der Waals surface area contributed by atoms with Gasteiger partial charge in [0.25, 0.3) is 0 Å². The first-order chi connectivity index (χ1) is 2.56. The van der Waals surface area contributed by atoms with Gasteiger partial charge in [-0.15, -0.1) is 0 Å². The molecule has 0 saturated carbocycles. The Labute approximate surface area is 35.5 Å². The van der Waals surface area contributed by atoms with Crippen molar-refractivity contribution in [3.63, 3.8) is 0 Å². The zero-order valence-electron chi connectivity index (χ0n) is 2.70. The van der Waals surface area contributed by atoms with Crippen LogP contribution in [-0.2, 0) is 10.5 Å². The molecule has 6 heavy (non-hydrogen) atoms. The van der Waals surface area contributed by atoms with E-state index in [2.05, 4.69) is 0 Å². The molecule has 2 N–H and O–H groups in total. The van der Waals surface area contributed by atoms with E-state index < -0.39 is 10.5 Å². The summed E-state index contributed by atoms with van der Waals surface area (Å²) in [6.07, 6.45) is 0. The fourth-order valence-electron chi connectivity index (χ4n) is 0. The van der Waals surface area contributed by atoms with Crippen LogP contribution in [0.25, 0.3) is 0 Å². The summed E-state index contributed by atoms with van der Waals surface area (Å²) in [5.74, 6) is 0. The van der Waals surface area contributed by atoms with Crippen molar-refractivity contribution in [2.75, 3.05) is 0 Å². The van der Waals surface area contributed by atoms with E-state index in [-0.39, 0.29) is 0 Å². The first-order valence-corrected chi connectivity index (χ1v) is 2.64. The number of nitrogens with zero attached hydrogens (tertiary/aromatic N) is 1. The van der Waals surface area contributed by atoms with E-state index in [0.29, 0.717) is 0 Å². The summed E-state index contributed by atoms with van der Waals surface area (Å²) in [6.45, 7) is 0. The minimum absolute atomic E-state index is 0.771. The van der Waals surface area contributed by atoms with Crippen LogP contribution in [0.1, 0.15) is 0 Å². The molecular weight excluding hydrogens is 106 g/mol. The van der Waals surface area contributed by atoms with E-state index in [9.17, 15) is 4.21 Å². The van der Waals surface area contributed by atoms with Crippen molar-refractivity contribution in [3.05, 3.63) is 0 Å². The van der Waals surface area contributed by atoms with Gasteiger partial charge in [0.15, 0.2) is 15.9 Å². The van der Waals surface area contributed by atoms with Gasteiger partial charge >= 0.3 is 0 Å². The molecule has 0 spiro atoms. The topological polar surface area (TPSA) is 81.3 Å². The maximum Gasteiger partial charge on any atom is 0.188 e.